The van der Waals surface area contributed by atoms with Gasteiger partial charge in [-0.3, -0.25) is 0 Å². The molecular formula is C15H21N3O2S. The van der Waals surface area contributed by atoms with E-state index in [1.54, 1.807) is 25.2 Å². The number of hydrogen-bond donors (Lipinski definition) is 0. The Morgan fingerprint density at radius 2 is 2.19 bits per heavy atom. The fourth-order valence-electron chi connectivity index (χ4n) is 1.85. The summed E-state index contributed by atoms with van der Waals surface area (Å²) in [5.41, 5.74) is 1.29. The van der Waals surface area contributed by atoms with E-state index in [2.05, 4.69) is 29.3 Å². The van der Waals surface area contributed by atoms with Crippen molar-refractivity contribution in [2.45, 2.75) is 25.0 Å². The van der Waals surface area contributed by atoms with E-state index in [1.807, 2.05) is 16.7 Å². The van der Waals surface area contributed by atoms with Gasteiger partial charge in [-0.2, -0.15) is 0 Å². The van der Waals surface area contributed by atoms with Crippen LogP contribution >= 0.6 is 11.8 Å². The van der Waals surface area contributed by atoms with Gasteiger partial charge in [0.05, 0.1) is 13.2 Å². The first kappa shape index (κ1) is 15.9. The lowest BCUT2D eigenvalue weighted by Crippen LogP contribution is -2.06. The van der Waals surface area contributed by atoms with Crippen LogP contribution in [0.5, 0.6) is 5.75 Å². The highest BCUT2D eigenvalue weighted by Gasteiger charge is 2.04. The summed E-state index contributed by atoms with van der Waals surface area (Å²) < 4.78 is 12.8. The second-order valence-corrected chi connectivity index (χ2v) is 5.56. The smallest absolute Gasteiger partial charge is 0.191 e. The Morgan fingerprint density at radius 1 is 1.29 bits per heavy atom. The summed E-state index contributed by atoms with van der Waals surface area (Å²) in [7, 11) is 1.69. The Balaban J connectivity index is 1.75. The van der Waals surface area contributed by atoms with Gasteiger partial charge in [0, 0.05) is 19.4 Å². The Hall–Kier alpha value is -1.53. The molecule has 114 valence electrons. The number of thioether (sulfide) groups is 1. The van der Waals surface area contributed by atoms with Gasteiger partial charge >= 0.3 is 0 Å². The normalized spacial score (nSPS) is 10.8. The van der Waals surface area contributed by atoms with Crippen LogP contribution in [0.2, 0.25) is 0 Å². The summed E-state index contributed by atoms with van der Waals surface area (Å²) in [6.45, 7) is 4.22. The molecule has 0 atom stereocenters. The van der Waals surface area contributed by atoms with E-state index < -0.39 is 0 Å². The molecule has 21 heavy (non-hydrogen) atoms. The van der Waals surface area contributed by atoms with Crippen molar-refractivity contribution < 1.29 is 9.47 Å². The molecule has 0 unspecified atom stereocenters. The van der Waals surface area contributed by atoms with Crippen molar-refractivity contribution in [2.75, 3.05) is 26.1 Å². The number of aromatic nitrogens is 3. The fourth-order valence-corrected chi connectivity index (χ4v) is 2.61. The number of aryl methyl sites for hydroxylation is 1. The molecule has 0 aliphatic rings. The fraction of sp³-hybridized carbons (Fsp3) is 0.467. The summed E-state index contributed by atoms with van der Waals surface area (Å²) in [6, 6.07) is 8.22. The maximum atomic E-state index is 5.76. The van der Waals surface area contributed by atoms with Crippen LogP contribution in [-0.2, 0) is 17.7 Å². The van der Waals surface area contributed by atoms with Crippen molar-refractivity contribution in [2.24, 2.45) is 0 Å². The Bertz CT molecular complexity index is 545. The zero-order chi connectivity index (χ0) is 14.9. The monoisotopic (exact) mass is 307 g/mol. The minimum absolute atomic E-state index is 0.648. The molecule has 0 amide bonds. The van der Waals surface area contributed by atoms with Crippen LogP contribution < -0.4 is 4.74 Å². The third kappa shape index (κ3) is 5.06. The molecule has 0 saturated heterocycles. The molecule has 1 aromatic carbocycles. The van der Waals surface area contributed by atoms with Gasteiger partial charge in [-0.1, -0.05) is 30.8 Å². The van der Waals surface area contributed by atoms with Gasteiger partial charge in [-0.05, 0) is 24.1 Å². The molecule has 0 spiro atoms. The molecule has 0 N–H and O–H groups in total. The first-order valence-electron chi connectivity index (χ1n) is 7.04. The van der Waals surface area contributed by atoms with Gasteiger partial charge in [-0.25, -0.2) is 0 Å². The van der Waals surface area contributed by atoms with Crippen LogP contribution in [-0.4, -0.2) is 40.8 Å². The van der Waals surface area contributed by atoms with Gasteiger partial charge in [0.25, 0.3) is 0 Å². The maximum Gasteiger partial charge on any atom is 0.191 e. The third-order valence-corrected chi connectivity index (χ3v) is 3.95. The van der Waals surface area contributed by atoms with E-state index in [4.69, 9.17) is 9.47 Å². The lowest BCUT2D eigenvalue weighted by molar-refractivity contribution is 0.184. The second-order valence-electron chi connectivity index (χ2n) is 4.50. The van der Waals surface area contributed by atoms with Crippen molar-refractivity contribution in [1.82, 2.24) is 14.8 Å². The molecule has 0 bridgehead atoms. The van der Waals surface area contributed by atoms with Crippen LogP contribution in [0, 0.1) is 0 Å². The van der Waals surface area contributed by atoms with Gasteiger partial charge < -0.3 is 14.0 Å². The first-order chi connectivity index (χ1) is 10.3. The average molecular weight is 307 g/mol. The Morgan fingerprint density at radius 3 is 3.00 bits per heavy atom. The zero-order valence-electron chi connectivity index (χ0n) is 12.5. The number of hydrogen-bond acceptors (Lipinski definition) is 5. The molecule has 2 rings (SSSR count). The molecule has 0 fully saturated rings. The molecule has 5 nitrogen and oxygen atoms in total. The second kappa shape index (κ2) is 8.69. The predicted octanol–water partition coefficient (Wildman–Crippen LogP) is 2.66. The average Bonchev–Trinajstić information content (AvgIpc) is 2.97. The Kier molecular flexibility index (Phi) is 6.56. The number of nitrogens with zero attached hydrogens (tertiary/aromatic N) is 3. The maximum absolute atomic E-state index is 5.76. The lowest BCUT2D eigenvalue weighted by Gasteiger charge is -2.08. The first-order valence-corrected chi connectivity index (χ1v) is 8.03. The minimum Gasteiger partial charge on any atom is -0.493 e. The van der Waals surface area contributed by atoms with Crippen LogP contribution in [0.25, 0.3) is 0 Å². The van der Waals surface area contributed by atoms with Crippen molar-refractivity contribution in [3.05, 3.63) is 36.2 Å². The SMILES string of the molecule is CCc1cccc(OCCSc2nncn2CCOC)c1. The highest BCUT2D eigenvalue weighted by molar-refractivity contribution is 7.99. The standard InChI is InChI=1S/C15H21N3O2S/c1-3-13-5-4-6-14(11-13)20-9-10-21-15-17-16-12-18(15)7-8-19-2/h4-6,11-12H,3,7-10H2,1-2H3. The van der Waals surface area contributed by atoms with E-state index in [1.165, 1.54) is 5.56 Å². The topological polar surface area (TPSA) is 49.2 Å². The minimum atomic E-state index is 0.648. The third-order valence-electron chi connectivity index (χ3n) is 3.01. The molecule has 0 aliphatic heterocycles. The van der Waals surface area contributed by atoms with E-state index in [9.17, 15) is 0 Å². The van der Waals surface area contributed by atoms with E-state index >= 15 is 0 Å². The van der Waals surface area contributed by atoms with E-state index in [-0.39, 0.29) is 0 Å². The van der Waals surface area contributed by atoms with Crippen molar-refractivity contribution >= 4 is 11.8 Å². The quantitative estimate of drug-likeness (QED) is 0.526. The Labute approximate surface area is 129 Å². The van der Waals surface area contributed by atoms with E-state index in [0.29, 0.717) is 13.2 Å². The molecule has 0 aliphatic carbocycles. The van der Waals surface area contributed by atoms with Gasteiger partial charge in [0.15, 0.2) is 5.16 Å². The molecular weight excluding hydrogens is 286 g/mol. The highest BCUT2D eigenvalue weighted by Crippen LogP contribution is 2.17. The largest absolute Gasteiger partial charge is 0.493 e. The van der Waals surface area contributed by atoms with Crippen molar-refractivity contribution in [3.63, 3.8) is 0 Å². The molecule has 0 saturated carbocycles. The molecule has 1 heterocycles. The number of rotatable bonds is 9. The van der Waals surface area contributed by atoms with Crippen LogP contribution in [0.15, 0.2) is 35.7 Å². The van der Waals surface area contributed by atoms with Crippen molar-refractivity contribution in [3.8, 4) is 5.75 Å². The molecule has 1 aromatic heterocycles. The summed E-state index contributed by atoms with van der Waals surface area (Å²) >= 11 is 1.64. The van der Waals surface area contributed by atoms with Crippen LogP contribution in [0.4, 0.5) is 0 Å². The number of benzene rings is 1. The predicted molar refractivity (Wildman–Crippen MR) is 83.9 cm³/mol. The summed E-state index contributed by atoms with van der Waals surface area (Å²) in [6.07, 6.45) is 2.75. The molecule has 2 aromatic rings. The van der Waals surface area contributed by atoms with Gasteiger partial charge in [-0.15, -0.1) is 10.2 Å². The number of ether oxygens (including phenoxy) is 2. The molecule has 0 radical (unpaired) electrons. The summed E-state index contributed by atoms with van der Waals surface area (Å²) in [5.74, 6) is 1.76. The van der Waals surface area contributed by atoms with Crippen molar-refractivity contribution in [1.29, 1.82) is 0 Å². The summed E-state index contributed by atoms with van der Waals surface area (Å²) in [4.78, 5) is 0. The summed E-state index contributed by atoms with van der Waals surface area (Å²) in [5, 5.41) is 8.94. The lowest BCUT2D eigenvalue weighted by atomic mass is 10.2. The van der Waals surface area contributed by atoms with Crippen LogP contribution in [0.1, 0.15) is 12.5 Å². The van der Waals surface area contributed by atoms with E-state index in [0.717, 1.165) is 29.6 Å². The van der Waals surface area contributed by atoms with Crippen LogP contribution in [0.3, 0.4) is 0 Å². The number of methoxy groups -OCH3 is 1. The molecule has 6 heteroatoms. The van der Waals surface area contributed by atoms with Gasteiger partial charge in [0.2, 0.25) is 0 Å². The zero-order valence-corrected chi connectivity index (χ0v) is 13.3. The van der Waals surface area contributed by atoms with Gasteiger partial charge in [0.1, 0.15) is 12.1 Å². The highest BCUT2D eigenvalue weighted by atomic mass is 32.2.